The summed E-state index contributed by atoms with van der Waals surface area (Å²) < 4.78 is 5.86. The molecular weight excluding hydrogens is 256 g/mol. The molecule has 21 heavy (non-hydrogen) atoms. The van der Waals surface area contributed by atoms with Crippen molar-refractivity contribution in [3.05, 3.63) is 11.1 Å². The van der Waals surface area contributed by atoms with Gasteiger partial charge >= 0.3 is 0 Å². The number of hydrogen-bond donors (Lipinski definition) is 0. The maximum atomic E-state index is 5.86. The minimum atomic E-state index is 0.446. The third-order valence-electron chi connectivity index (χ3n) is 8.06. The van der Waals surface area contributed by atoms with E-state index in [1.807, 2.05) is 5.57 Å². The monoisotopic (exact) mass is 288 g/mol. The third-order valence-corrected chi connectivity index (χ3v) is 8.06. The number of hydrogen-bond acceptors (Lipinski definition) is 1. The van der Waals surface area contributed by atoms with Gasteiger partial charge in [-0.2, -0.15) is 0 Å². The topological polar surface area (TPSA) is 9.23 Å². The van der Waals surface area contributed by atoms with E-state index in [9.17, 15) is 0 Å². The Morgan fingerprint density at radius 3 is 2.57 bits per heavy atom. The van der Waals surface area contributed by atoms with Crippen LogP contribution >= 0.6 is 0 Å². The molecular formula is C20H32O. The fraction of sp³-hybridized carbons (Fsp3) is 0.900. The van der Waals surface area contributed by atoms with Gasteiger partial charge < -0.3 is 4.74 Å². The molecule has 3 aliphatic carbocycles. The van der Waals surface area contributed by atoms with Crippen LogP contribution in [0.4, 0.5) is 0 Å². The first kappa shape index (κ1) is 14.3. The van der Waals surface area contributed by atoms with Crippen molar-refractivity contribution in [2.75, 3.05) is 6.61 Å². The Morgan fingerprint density at radius 1 is 1.05 bits per heavy atom. The van der Waals surface area contributed by atoms with Gasteiger partial charge in [0.05, 0.1) is 12.7 Å². The zero-order valence-electron chi connectivity index (χ0n) is 14.4. The van der Waals surface area contributed by atoms with Crippen LogP contribution in [0, 0.1) is 28.6 Å². The van der Waals surface area contributed by atoms with Gasteiger partial charge in [-0.25, -0.2) is 0 Å². The van der Waals surface area contributed by atoms with Gasteiger partial charge in [-0.05, 0) is 74.5 Å². The molecule has 118 valence electrons. The lowest BCUT2D eigenvalue weighted by molar-refractivity contribution is -0.198. The average Bonchev–Trinajstić information content (AvgIpc) is 2.37. The van der Waals surface area contributed by atoms with Crippen LogP contribution in [0.25, 0.3) is 0 Å². The maximum Gasteiger partial charge on any atom is 0.0628 e. The Labute approximate surface area is 130 Å². The molecule has 1 aliphatic heterocycles. The van der Waals surface area contributed by atoms with Crippen LogP contribution in [0.5, 0.6) is 0 Å². The normalized spacial score (nSPS) is 48.6. The van der Waals surface area contributed by atoms with Crippen molar-refractivity contribution in [1.82, 2.24) is 0 Å². The summed E-state index contributed by atoms with van der Waals surface area (Å²) in [4.78, 5) is 0. The predicted molar refractivity (Wildman–Crippen MR) is 87.1 cm³/mol. The largest absolute Gasteiger partial charge is 0.377 e. The summed E-state index contributed by atoms with van der Waals surface area (Å²) in [6, 6.07) is 0. The third kappa shape index (κ3) is 1.99. The predicted octanol–water partition coefficient (Wildman–Crippen LogP) is 5.35. The van der Waals surface area contributed by atoms with Gasteiger partial charge in [-0.3, -0.25) is 0 Å². The maximum absolute atomic E-state index is 5.86. The van der Waals surface area contributed by atoms with Gasteiger partial charge in [-0.15, -0.1) is 0 Å². The highest BCUT2D eigenvalue weighted by molar-refractivity contribution is 5.25. The van der Waals surface area contributed by atoms with Crippen molar-refractivity contribution in [3.63, 3.8) is 0 Å². The van der Waals surface area contributed by atoms with Gasteiger partial charge in [0, 0.05) is 5.92 Å². The van der Waals surface area contributed by atoms with Crippen LogP contribution in [-0.4, -0.2) is 12.7 Å². The van der Waals surface area contributed by atoms with Crippen molar-refractivity contribution in [3.8, 4) is 0 Å². The number of allylic oxidation sites excluding steroid dienone is 2. The fourth-order valence-electron chi connectivity index (χ4n) is 6.32. The first-order valence-corrected chi connectivity index (χ1v) is 9.22. The van der Waals surface area contributed by atoms with Crippen molar-refractivity contribution >= 4 is 0 Å². The molecule has 4 rings (SSSR count). The van der Waals surface area contributed by atoms with Crippen LogP contribution in [0.3, 0.4) is 0 Å². The molecule has 3 fully saturated rings. The van der Waals surface area contributed by atoms with Crippen molar-refractivity contribution in [1.29, 1.82) is 0 Å². The van der Waals surface area contributed by atoms with Crippen LogP contribution < -0.4 is 0 Å². The second-order valence-corrected chi connectivity index (χ2v) is 9.29. The first-order chi connectivity index (χ1) is 9.92. The molecule has 0 spiro atoms. The van der Waals surface area contributed by atoms with E-state index in [4.69, 9.17) is 4.74 Å². The van der Waals surface area contributed by atoms with Gasteiger partial charge in [0.25, 0.3) is 0 Å². The lowest BCUT2D eigenvalue weighted by atomic mass is 9.50. The van der Waals surface area contributed by atoms with Crippen LogP contribution in [-0.2, 0) is 4.74 Å². The highest BCUT2D eigenvalue weighted by Crippen LogP contribution is 2.60. The zero-order valence-corrected chi connectivity index (χ0v) is 14.4. The molecule has 2 bridgehead atoms. The molecule has 0 aromatic rings. The molecule has 1 nitrogen and oxygen atoms in total. The lowest BCUT2D eigenvalue weighted by Crippen LogP contribution is -2.55. The van der Waals surface area contributed by atoms with E-state index in [0.717, 1.165) is 24.4 Å². The molecule has 1 heterocycles. The molecule has 0 amide bonds. The van der Waals surface area contributed by atoms with E-state index in [0.29, 0.717) is 16.9 Å². The van der Waals surface area contributed by atoms with E-state index in [1.165, 1.54) is 44.9 Å². The summed E-state index contributed by atoms with van der Waals surface area (Å²) in [6.07, 6.45) is 10.4. The van der Waals surface area contributed by atoms with E-state index in [-0.39, 0.29) is 0 Å². The van der Waals surface area contributed by atoms with Crippen molar-refractivity contribution < 1.29 is 4.74 Å². The number of rotatable bonds is 0. The summed E-state index contributed by atoms with van der Waals surface area (Å²) in [5.74, 6) is 2.71. The highest BCUT2D eigenvalue weighted by Gasteiger charge is 2.54. The minimum absolute atomic E-state index is 0.446. The molecule has 2 saturated carbocycles. The van der Waals surface area contributed by atoms with Crippen LogP contribution in [0.1, 0.15) is 72.6 Å². The van der Waals surface area contributed by atoms with E-state index < -0.39 is 0 Å². The molecule has 0 aromatic carbocycles. The lowest BCUT2D eigenvalue weighted by Gasteiger charge is -2.58. The summed E-state index contributed by atoms with van der Waals surface area (Å²) in [5, 5.41) is 0. The average molecular weight is 288 g/mol. The molecule has 0 aromatic heterocycles. The smallest absolute Gasteiger partial charge is 0.0628 e. The van der Waals surface area contributed by atoms with Crippen LogP contribution in [0.2, 0.25) is 0 Å². The molecule has 0 radical (unpaired) electrons. The Morgan fingerprint density at radius 2 is 1.86 bits per heavy atom. The first-order valence-electron chi connectivity index (χ1n) is 9.22. The SMILES string of the molecule is CC1=C2CC[C@]3(C)CCC4OCC4C3CC(CC1)C2(C)C. The van der Waals surface area contributed by atoms with E-state index in [1.54, 1.807) is 5.57 Å². The number of ether oxygens (including phenoxy) is 1. The Balaban J connectivity index is 1.70. The molecule has 1 saturated heterocycles. The Bertz CT molecular complexity index is 474. The summed E-state index contributed by atoms with van der Waals surface area (Å²) in [6.45, 7) is 11.1. The van der Waals surface area contributed by atoms with E-state index >= 15 is 0 Å². The molecule has 5 atom stereocenters. The summed E-state index contributed by atoms with van der Waals surface area (Å²) in [7, 11) is 0. The quantitative estimate of drug-likeness (QED) is 0.546. The second-order valence-electron chi connectivity index (χ2n) is 9.29. The number of fused-ring (bicyclic) bond motifs is 5. The summed E-state index contributed by atoms with van der Waals surface area (Å²) in [5.41, 5.74) is 4.58. The molecule has 0 N–H and O–H groups in total. The minimum Gasteiger partial charge on any atom is -0.377 e. The molecule has 4 unspecified atom stereocenters. The van der Waals surface area contributed by atoms with Crippen LogP contribution in [0.15, 0.2) is 11.1 Å². The standard InChI is InChI=1S/C20H32O/c1-13-5-6-14-11-17-15-12-21-18(15)8-10-20(17,4)9-7-16(13)19(14,2)3/h14-15,17-18H,5-12H2,1-4H3/t14?,15?,17?,18?,20-/m1/s1. The van der Waals surface area contributed by atoms with Gasteiger partial charge in [0.15, 0.2) is 0 Å². The van der Waals surface area contributed by atoms with Crippen molar-refractivity contribution in [2.24, 2.45) is 28.6 Å². The molecule has 1 heteroatoms. The fourth-order valence-corrected chi connectivity index (χ4v) is 6.32. The summed E-state index contributed by atoms with van der Waals surface area (Å²) >= 11 is 0. The molecule has 4 aliphatic rings. The second kappa shape index (κ2) is 4.60. The Hall–Kier alpha value is -0.300. The van der Waals surface area contributed by atoms with Crippen molar-refractivity contribution in [2.45, 2.75) is 78.7 Å². The zero-order chi connectivity index (χ0) is 14.8. The highest BCUT2D eigenvalue weighted by atomic mass is 16.5. The van der Waals surface area contributed by atoms with Gasteiger partial charge in [0.2, 0.25) is 0 Å². The van der Waals surface area contributed by atoms with Gasteiger partial charge in [-0.1, -0.05) is 31.9 Å². The Kier molecular flexibility index (Phi) is 3.13. The van der Waals surface area contributed by atoms with Gasteiger partial charge in [0.1, 0.15) is 0 Å². The van der Waals surface area contributed by atoms with E-state index in [2.05, 4.69) is 27.7 Å².